The van der Waals surface area contributed by atoms with Crippen molar-refractivity contribution in [3.8, 4) is 0 Å². The first-order chi connectivity index (χ1) is 10.6. The zero-order valence-corrected chi connectivity index (χ0v) is 14.1. The Hall–Kier alpha value is -1.46. The molecule has 0 radical (unpaired) electrons. The molecule has 1 aliphatic heterocycles. The Labute approximate surface area is 140 Å². The smallest absolute Gasteiger partial charge is 0.413 e. The highest BCUT2D eigenvalue weighted by Crippen LogP contribution is 2.33. The van der Waals surface area contributed by atoms with Gasteiger partial charge in [-0.1, -0.05) is 30.1 Å². The number of nitrogens with zero attached hydrogens (tertiary/aromatic N) is 2. The molecule has 1 unspecified atom stereocenters. The molecule has 0 saturated carbocycles. The standard InChI is InChI=1S/C15H19Cl2N3O2/c1-3-7-20-13(11-8-10(16)5-6-12(11)17)9-18-14(20)19-15(21)22-4-2/h5-6,8,13H,3-4,7,9H2,1-2H3,(H,18,19,21). The third kappa shape index (κ3) is 3.84. The molecule has 1 N–H and O–H groups in total. The van der Waals surface area contributed by atoms with Crippen LogP contribution >= 0.6 is 23.2 Å². The van der Waals surface area contributed by atoms with Gasteiger partial charge in [0.1, 0.15) is 0 Å². The summed E-state index contributed by atoms with van der Waals surface area (Å²) in [6, 6.07) is 5.34. The molecule has 1 amide bonds. The third-order valence-electron chi connectivity index (χ3n) is 3.33. The normalized spacial score (nSPS) is 17.4. The number of aliphatic imine (C=N–C) groups is 1. The Kier molecular flexibility index (Phi) is 5.91. The molecule has 1 aromatic carbocycles. The first kappa shape index (κ1) is 16.9. The number of ether oxygens (including phenoxy) is 1. The molecular weight excluding hydrogens is 325 g/mol. The lowest BCUT2D eigenvalue weighted by Gasteiger charge is -2.28. The van der Waals surface area contributed by atoms with Crippen LogP contribution in [0.15, 0.2) is 23.2 Å². The van der Waals surface area contributed by atoms with Crippen molar-refractivity contribution in [1.29, 1.82) is 0 Å². The summed E-state index contributed by atoms with van der Waals surface area (Å²) < 4.78 is 4.91. The second-order valence-corrected chi connectivity index (χ2v) is 5.73. The van der Waals surface area contributed by atoms with Crippen molar-refractivity contribution in [3.63, 3.8) is 0 Å². The van der Waals surface area contributed by atoms with Gasteiger partial charge in [-0.15, -0.1) is 0 Å². The number of carbonyl (C=O) groups is 1. The van der Waals surface area contributed by atoms with Crippen LogP contribution in [-0.4, -0.2) is 36.6 Å². The van der Waals surface area contributed by atoms with Crippen LogP contribution in [0.3, 0.4) is 0 Å². The number of amides is 1. The number of alkyl carbamates (subject to hydrolysis) is 1. The van der Waals surface area contributed by atoms with Crippen molar-refractivity contribution in [2.24, 2.45) is 4.99 Å². The summed E-state index contributed by atoms with van der Waals surface area (Å²) in [6.07, 6.45) is 0.415. The fourth-order valence-corrected chi connectivity index (χ4v) is 2.84. The summed E-state index contributed by atoms with van der Waals surface area (Å²) in [5, 5.41) is 3.96. The fraction of sp³-hybridized carbons (Fsp3) is 0.467. The van der Waals surface area contributed by atoms with Crippen LogP contribution in [0.1, 0.15) is 31.9 Å². The predicted molar refractivity (Wildman–Crippen MR) is 88.7 cm³/mol. The largest absolute Gasteiger partial charge is 0.450 e. The average Bonchev–Trinajstić information content (AvgIpc) is 2.85. The summed E-state index contributed by atoms with van der Waals surface area (Å²) in [6.45, 7) is 5.41. The minimum absolute atomic E-state index is 0.0388. The van der Waals surface area contributed by atoms with Gasteiger partial charge in [-0.2, -0.15) is 0 Å². The van der Waals surface area contributed by atoms with E-state index in [1.54, 1.807) is 19.1 Å². The summed E-state index contributed by atoms with van der Waals surface area (Å²) in [7, 11) is 0. The predicted octanol–water partition coefficient (Wildman–Crippen LogP) is 3.86. The Morgan fingerprint density at radius 1 is 1.45 bits per heavy atom. The van der Waals surface area contributed by atoms with Crippen molar-refractivity contribution in [1.82, 2.24) is 10.2 Å². The van der Waals surface area contributed by atoms with Gasteiger partial charge in [-0.25, -0.2) is 4.79 Å². The fourth-order valence-electron chi connectivity index (χ4n) is 2.42. The van der Waals surface area contributed by atoms with Crippen molar-refractivity contribution in [2.75, 3.05) is 19.7 Å². The third-order valence-corrected chi connectivity index (χ3v) is 3.91. The average molecular weight is 344 g/mol. The van der Waals surface area contributed by atoms with E-state index >= 15 is 0 Å². The summed E-state index contributed by atoms with van der Waals surface area (Å²) in [5.41, 5.74) is 0.909. The highest BCUT2D eigenvalue weighted by molar-refractivity contribution is 6.33. The molecule has 1 heterocycles. The Balaban J connectivity index is 2.20. The summed E-state index contributed by atoms with van der Waals surface area (Å²) >= 11 is 12.4. The van der Waals surface area contributed by atoms with E-state index in [1.165, 1.54) is 0 Å². The number of benzene rings is 1. The number of carbonyl (C=O) groups excluding carboxylic acids is 1. The second-order valence-electron chi connectivity index (χ2n) is 4.88. The van der Waals surface area contributed by atoms with E-state index < -0.39 is 6.09 Å². The molecule has 1 atom stereocenters. The molecule has 0 aromatic heterocycles. The second kappa shape index (κ2) is 7.70. The van der Waals surface area contributed by atoms with E-state index in [0.29, 0.717) is 29.2 Å². The van der Waals surface area contributed by atoms with Crippen molar-refractivity contribution < 1.29 is 9.53 Å². The molecule has 120 valence electrons. The lowest BCUT2D eigenvalue weighted by Crippen LogP contribution is -2.43. The van der Waals surface area contributed by atoms with E-state index in [9.17, 15) is 4.79 Å². The zero-order valence-electron chi connectivity index (χ0n) is 12.6. The molecule has 0 bridgehead atoms. The van der Waals surface area contributed by atoms with Gasteiger partial charge in [0, 0.05) is 16.6 Å². The van der Waals surface area contributed by atoms with Crippen LogP contribution in [0.4, 0.5) is 4.79 Å². The summed E-state index contributed by atoms with van der Waals surface area (Å²) in [5.74, 6) is 0.515. The molecule has 0 spiro atoms. The van der Waals surface area contributed by atoms with Gasteiger partial charge in [0.25, 0.3) is 0 Å². The van der Waals surface area contributed by atoms with Gasteiger partial charge in [0.15, 0.2) is 0 Å². The molecule has 1 aromatic rings. The minimum atomic E-state index is -0.500. The van der Waals surface area contributed by atoms with E-state index in [1.807, 2.05) is 11.0 Å². The molecular formula is C15H19Cl2N3O2. The monoisotopic (exact) mass is 343 g/mol. The first-order valence-corrected chi connectivity index (χ1v) is 8.02. The quantitative estimate of drug-likeness (QED) is 0.902. The van der Waals surface area contributed by atoms with E-state index in [4.69, 9.17) is 27.9 Å². The van der Waals surface area contributed by atoms with Crippen molar-refractivity contribution in [3.05, 3.63) is 33.8 Å². The minimum Gasteiger partial charge on any atom is -0.450 e. The zero-order chi connectivity index (χ0) is 16.1. The van der Waals surface area contributed by atoms with Gasteiger partial charge in [-0.3, -0.25) is 10.3 Å². The Bertz CT molecular complexity index is 578. The number of halogens is 2. The first-order valence-electron chi connectivity index (χ1n) is 7.26. The lowest BCUT2D eigenvalue weighted by atomic mass is 10.1. The van der Waals surface area contributed by atoms with Crippen LogP contribution in [0.2, 0.25) is 10.0 Å². The maximum Gasteiger partial charge on any atom is 0.413 e. The van der Waals surface area contributed by atoms with Gasteiger partial charge in [0.2, 0.25) is 5.96 Å². The summed E-state index contributed by atoms with van der Waals surface area (Å²) in [4.78, 5) is 18.1. The number of hydrogen-bond acceptors (Lipinski definition) is 4. The molecule has 0 fully saturated rings. The molecule has 0 saturated heterocycles. The van der Waals surface area contributed by atoms with Gasteiger partial charge in [0.05, 0.1) is 19.2 Å². The molecule has 5 nitrogen and oxygen atoms in total. The number of nitrogens with one attached hydrogen (secondary N) is 1. The number of rotatable bonds is 4. The van der Waals surface area contributed by atoms with Crippen molar-refractivity contribution in [2.45, 2.75) is 26.3 Å². The van der Waals surface area contributed by atoms with Crippen LogP contribution in [0, 0.1) is 0 Å². The SMILES string of the molecule is CCCN1C(NC(=O)OCC)=NCC1c1cc(Cl)ccc1Cl. The van der Waals surface area contributed by atoms with Crippen molar-refractivity contribution >= 4 is 35.3 Å². The number of guanidine groups is 1. The molecule has 0 aliphatic carbocycles. The lowest BCUT2D eigenvalue weighted by molar-refractivity contribution is 0.156. The highest BCUT2D eigenvalue weighted by Gasteiger charge is 2.31. The van der Waals surface area contributed by atoms with Gasteiger partial charge in [-0.05, 0) is 37.1 Å². The maximum absolute atomic E-state index is 11.6. The molecule has 7 heteroatoms. The molecule has 22 heavy (non-hydrogen) atoms. The van der Waals surface area contributed by atoms with E-state index in [-0.39, 0.29) is 6.04 Å². The topological polar surface area (TPSA) is 53.9 Å². The Morgan fingerprint density at radius 2 is 2.23 bits per heavy atom. The van der Waals surface area contributed by atoms with Crippen LogP contribution in [0.25, 0.3) is 0 Å². The highest BCUT2D eigenvalue weighted by atomic mass is 35.5. The molecule has 2 rings (SSSR count). The maximum atomic E-state index is 11.6. The van der Waals surface area contributed by atoms with Crippen LogP contribution in [0.5, 0.6) is 0 Å². The number of hydrogen-bond donors (Lipinski definition) is 1. The van der Waals surface area contributed by atoms with E-state index in [2.05, 4.69) is 17.2 Å². The van der Waals surface area contributed by atoms with Crippen LogP contribution in [-0.2, 0) is 4.74 Å². The van der Waals surface area contributed by atoms with Gasteiger partial charge < -0.3 is 9.64 Å². The molecule has 1 aliphatic rings. The van der Waals surface area contributed by atoms with E-state index in [0.717, 1.165) is 18.5 Å². The van der Waals surface area contributed by atoms with Crippen LogP contribution < -0.4 is 5.32 Å². The van der Waals surface area contributed by atoms with Gasteiger partial charge >= 0.3 is 6.09 Å². The Morgan fingerprint density at radius 3 is 2.91 bits per heavy atom.